The summed E-state index contributed by atoms with van der Waals surface area (Å²) in [6.07, 6.45) is 3.34. The van der Waals surface area contributed by atoms with E-state index in [1.54, 1.807) is 6.92 Å². The van der Waals surface area contributed by atoms with Gasteiger partial charge in [0.2, 0.25) is 5.91 Å². The third kappa shape index (κ3) is 4.45. The topological polar surface area (TPSA) is 74.8 Å². The molecular weight excluding hydrogens is 310 g/mol. The molecule has 122 valence electrons. The maximum atomic E-state index is 12.2. The van der Waals surface area contributed by atoms with Crippen LogP contribution in [0.25, 0.3) is 0 Å². The van der Waals surface area contributed by atoms with E-state index in [0.29, 0.717) is 22.8 Å². The van der Waals surface area contributed by atoms with Gasteiger partial charge in [-0.15, -0.1) is 0 Å². The molecule has 0 bridgehead atoms. The van der Waals surface area contributed by atoms with Crippen LogP contribution in [0.2, 0.25) is 0 Å². The van der Waals surface area contributed by atoms with Crippen molar-refractivity contribution >= 4 is 23.4 Å². The average Bonchev–Trinajstić information content (AvgIpc) is 2.54. The molecule has 0 radical (unpaired) electrons. The predicted molar refractivity (Wildman–Crippen MR) is 94.1 cm³/mol. The van der Waals surface area contributed by atoms with Crippen LogP contribution in [-0.2, 0) is 17.6 Å². The smallest absolute Gasteiger partial charge is 0.254 e. The quantitative estimate of drug-likeness (QED) is 0.630. The summed E-state index contributed by atoms with van der Waals surface area (Å²) in [5, 5.41) is 3.51. The van der Waals surface area contributed by atoms with Crippen LogP contribution in [-0.4, -0.2) is 22.1 Å². The minimum absolute atomic E-state index is 0.0985. The summed E-state index contributed by atoms with van der Waals surface area (Å²) < 4.78 is 0. The Labute approximate surface area is 139 Å². The number of hydrogen-bond donors (Lipinski definition) is 2. The van der Waals surface area contributed by atoms with Crippen molar-refractivity contribution in [2.45, 2.75) is 38.3 Å². The first-order valence-corrected chi connectivity index (χ1v) is 8.79. The van der Waals surface area contributed by atoms with Gasteiger partial charge in [0.25, 0.3) is 5.56 Å². The minimum Gasteiger partial charge on any atom is -0.326 e. The minimum atomic E-state index is -0.163. The first-order chi connectivity index (χ1) is 11.0. The van der Waals surface area contributed by atoms with Crippen molar-refractivity contribution in [3.8, 4) is 0 Å². The molecule has 0 spiro atoms. The highest BCUT2D eigenvalue weighted by molar-refractivity contribution is 7.98. The van der Waals surface area contributed by atoms with Gasteiger partial charge in [-0.1, -0.05) is 36.9 Å². The van der Waals surface area contributed by atoms with Gasteiger partial charge in [0, 0.05) is 23.4 Å². The number of benzene rings is 1. The molecule has 5 nitrogen and oxygen atoms in total. The van der Waals surface area contributed by atoms with Gasteiger partial charge in [0.15, 0.2) is 5.16 Å². The molecule has 0 unspecified atom stereocenters. The van der Waals surface area contributed by atoms with Crippen molar-refractivity contribution in [1.82, 2.24) is 9.97 Å². The van der Waals surface area contributed by atoms with Crippen LogP contribution in [0.1, 0.15) is 30.2 Å². The highest BCUT2D eigenvalue weighted by Gasteiger charge is 2.11. The molecule has 0 aliphatic rings. The highest BCUT2D eigenvalue weighted by Crippen LogP contribution is 2.16. The number of hydrogen-bond acceptors (Lipinski definition) is 4. The second kappa shape index (κ2) is 7.97. The second-order valence-electron chi connectivity index (χ2n) is 5.20. The van der Waals surface area contributed by atoms with Crippen molar-refractivity contribution in [1.29, 1.82) is 0 Å². The van der Waals surface area contributed by atoms with Crippen LogP contribution in [0.5, 0.6) is 0 Å². The van der Waals surface area contributed by atoms with E-state index in [1.807, 2.05) is 37.4 Å². The van der Waals surface area contributed by atoms with E-state index in [4.69, 9.17) is 0 Å². The van der Waals surface area contributed by atoms with Crippen molar-refractivity contribution in [2.24, 2.45) is 0 Å². The van der Waals surface area contributed by atoms with Gasteiger partial charge in [-0.25, -0.2) is 4.98 Å². The zero-order valence-electron chi connectivity index (χ0n) is 13.6. The molecule has 1 amide bonds. The van der Waals surface area contributed by atoms with E-state index >= 15 is 0 Å². The largest absolute Gasteiger partial charge is 0.326 e. The van der Waals surface area contributed by atoms with Crippen LogP contribution in [0.15, 0.2) is 34.2 Å². The molecule has 6 heteroatoms. The van der Waals surface area contributed by atoms with Gasteiger partial charge >= 0.3 is 0 Å². The molecule has 0 aliphatic carbocycles. The number of rotatable bonds is 6. The number of para-hydroxylation sites is 1. The molecule has 0 aliphatic heterocycles. The number of aromatic nitrogens is 2. The number of thioether (sulfide) groups is 1. The van der Waals surface area contributed by atoms with E-state index < -0.39 is 0 Å². The van der Waals surface area contributed by atoms with E-state index in [9.17, 15) is 9.59 Å². The molecule has 2 N–H and O–H groups in total. The Bertz CT molecular complexity index is 756. The normalized spacial score (nSPS) is 10.6. The molecule has 2 aromatic rings. The van der Waals surface area contributed by atoms with Crippen molar-refractivity contribution in [2.75, 3.05) is 11.6 Å². The van der Waals surface area contributed by atoms with Gasteiger partial charge in [-0.2, -0.15) is 0 Å². The predicted octanol–water partition coefficient (Wildman–Crippen LogP) is 2.93. The lowest BCUT2D eigenvalue weighted by Gasteiger charge is -2.10. The van der Waals surface area contributed by atoms with Crippen LogP contribution in [0, 0.1) is 6.92 Å². The van der Waals surface area contributed by atoms with Crippen molar-refractivity contribution < 1.29 is 4.79 Å². The Kier molecular flexibility index (Phi) is 5.98. The number of aryl methyl sites for hydroxylation is 2. The van der Waals surface area contributed by atoms with Crippen LogP contribution in [0.4, 0.5) is 5.69 Å². The third-order valence-corrected chi connectivity index (χ3v) is 4.25. The number of amides is 1. The van der Waals surface area contributed by atoms with E-state index in [-0.39, 0.29) is 17.9 Å². The summed E-state index contributed by atoms with van der Waals surface area (Å²) in [6.45, 7) is 3.85. The SMILES string of the molecule is CCc1ccccc1NC(=O)CCc1c(C)nc(SC)[nH]c1=O. The van der Waals surface area contributed by atoms with E-state index in [1.165, 1.54) is 11.8 Å². The van der Waals surface area contributed by atoms with Gasteiger partial charge in [0.1, 0.15) is 0 Å². The van der Waals surface area contributed by atoms with Gasteiger partial charge in [-0.3, -0.25) is 9.59 Å². The number of nitrogens with one attached hydrogen (secondary N) is 2. The zero-order valence-corrected chi connectivity index (χ0v) is 14.4. The summed E-state index contributed by atoms with van der Waals surface area (Å²) in [4.78, 5) is 31.2. The molecule has 0 saturated heterocycles. The van der Waals surface area contributed by atoms with Gasteiger partial charge < -0.3 is 10.3 Å². The van der Waals surface area contributed by atoms with Crippen molar-refractivity contribution in [3.63, 3.8) is 0 Å². The molecule has 1 heterocycles. The first-order valence-electron chi connectivity index (χ1n) is 7.56. The Hall–Kier alpha value is -2.08. The van der Waals surface area contributed by atoms with Crippen LogP contribution >= 0.6 is 11.8 Å². The van der Waals surface area contributed by atoms with E-state index in [2.05, 4.69) is 15.3 Å². The van der Waals surface area contributed by atoms with Gasteiger partial charge in [-0.05, 0) is 37.7 Å². The number of aromatic amines is 1. The summed E-state index contributed by atoms with van der Waals surface area (Å²) >= 11 is 1.39. The molecule has 0 atom stereocenters. The highest BCUT2D eigenvalue weighted by atomic mass is 32.2. The monoisotopic (exact) mass is 331 g/mol. The standard InChI is InChI=1S/C17H21N3O2S/c1-4-12-7-5-6-8-14(12)19-15(21)10-9-13-11(2)18-17(23-3)20-16(13)22/h5-8H,4,9-10H2,1-3H3,(H,19,21)(H,18,20,22). The fourth-order valence-corrected chi connectivity index (χ4v) is 2.80. The van der Waals surface area contributed by atoms with Crippen LogP contribution in [0.3, 0.4) is 0 Å². The average molecular weight is 331 g/mol. The Morgan fingerprint density at radius 2 is 2.09 bits per heavy atom. The number of H-pyrrole nitrogens is 1. The van der Waals surface area contributed by atoms with E-state index in [0.717, 1.165) is 17.7 Å². The summed E-state index contributed by atoms with van der Waals surface area (Å²) in [6, 6.07) is 7.74. The summed E-state index contributed by atoms with van der Waals surface area (Å²) in [5.41, 5.74) is 3.02. The molecular formula is C17H21N3O2S. The number of anilines is 1. The molecule has 2 rings (SSSR count). The molecule has 1 aromatic heterocycles. The molecule has 0 saturated carbocycles. The summed E-state index contributed by atoms with van der Waals surface area (Å²) in [5.74, 6) is -0.0985. The lowest BCUT2D eigenvalue weighted by Crippen LogP contribution is -2.20. The van der Waals surface area contributed by atoms with Crippen molar-refractivity contribution in [3.05, 3.63) is 51.4 Å². The third-order valence-electron chi connectivity index (χ3n) is 3.67. The lowest BCUT2D eigenvalue weighted by atomic mass is 10.1. The second-order valence-corrected chi connectivity index (χ2v) is 5.99. The lowest BCUT2D eigenvalue weighted by molar-refractivity contribution is -0.116. The Balaban J connectivity index is 2.04. The number of carbonyl (C=O) groups is 1. The van der Waals surface area contributed by atoms with Crippen LogP contribution < -0.4 is 10.9 Å². The Morgan fingerprint density at radius 1 is 1.35 bits per heavy atom. The number of nitrogens with zero attached hydrogens (tertiary/aromatic N) is 1. The number of carbonyl (C=O) groups excluding carboxylic acids is 1. The maximum Gasteiger partial charge on any atom is 0.254 e. The summed E-state index contributed by atoms with van der Waals surface area (Å²) in [7, 11) is 0. The Morgan fingerprint density at radius 3 is 2.74 bits per heavy atom. The fourth-order valence-electron chi connectivity index (χ4n) is 2.38. The molecule has 1 aromatic carbocycles. The zero-order chi connectivity index (χ0) is 16.8. The molecule has 23 heavy (non-hydrogen) atoms. The fraction of sp³-hybridized carbons (Fsp3) is 0.353. The first kappa shape index (κ1) is 17.3. The molecule has 0 fully saturated rings. The van der Waals surface area contributed by atoms with Gasteiger partial charge in [0.05, 0.1) is 0 Å². The maximum absolute atomic E-state index is 12.2.